The number of carboxylic acids is 1. The van der Waals surface area contributed by atoms with E-state index in [0.29, 0.717) is 5.82 Å². The normalized spacial score (nSPS) is 11.2. The average molecular weight is 265 g/mol. The summed E-state index contributed by atoms with van der Waals surface area (Å²) in [7, 11) is 0. The smallest absolute Gasteiger partial charge is 0.328 e. The Hall–Kier alpha value is -2.95. The van der Waals surface area contributed by atoms with Crippen LogP contribution in [0.25, 0.3) is 22.8 Å². The Balaban J connectivity index is 1.97. The molecule has 0 fully saturated rings. The van der Waals surface area contributed by atoms with Gasteiger partial charge >= 0.3 is 5.97 Å². The fourth-order valence-electron chi connectivity index (χ4n) is 1.94. The molecule has 0 aliphatic heterocycles. The molecule has 98 valence electrons. The van der Waals surface area contributed by atoms with Crippen molar-refractivity contribution in [3.63, 3.8) is 0 Å². The predicted octanol–water partition coefficient (Wildman–Crippen LogP) is 2.52. The third-order valence-corrected chi connectivity index (χ3v) is 2.88. The quantitative estimate of drug-likeness (QED) is 0.739. The van der Waals surface area contributed by atoms with Crippen LogP contribution < -0.4 is 0 Å². The summed E-state index contributed by atoms with van der Waals surface area (Å²) in [6.07, 6.45) is 5.99. The van der Waals surface area contributed by atoms with Gasteiger partial charge in [-0.25, -0.2) is 14.5 Å². The highest BCUT2D eigenvalue weighted by Gasteiger charge is 2.04. The second-order valence-corrected chi connectivity index (χ2v) is 4.24. The number of carbonyl (C=O) groups is 1. The van der Waals surface area contributed by atoms with Crippen LogP contribution in [0.1, 0.15) is 5.56 Å². The van der Waals surface area contributed by atoms with E-state index in [-0.39, 0.29) is 0 Å². The maximum atomic E-state index is 10.5. The molecule has 5 heteroatoms. The summed E-state index contributed by atoms with van der Waals surface area (Å²) < 4.78 is 1.75. The van der Waals surface area contributed by atoms with Crippen molar-refractivity contribution >= 4 is 22.9 Å². The number of pyridine rings is 1. The minimum atomic E-state index is -0.979. The number of aliphatic carboxylic acids is 1. The van der Waals surface area contributed by atoms with Crippen LogP contribution in [0.5, 0.6) is 0 Å². The standard InChI is InChI=1S/C15H11N3O2/c19-15(20)8-6-11-5-7-14(16-9-11)18-13-4-2-1-3-12(13)10-17-18/h1-10H,(H,19,20)/b8-6+. The van der Waals surface area contributed by atoms with E-state index in [1.165, 1.54) is 6.08 Å². The number of rotatable bonds is 3. The van der Waals surface area contributed by atoms with Crippen molar-refractivity contribution in [3.8, 4) is 5.82 Å². The monoisotopic (exact) mass is 265 g/mol. The van der Waals surface area contributed by atoms with Gasteiger partial charge in [-0.2, -0.15) is 5.10 Å². The predicted molar refractivity (Wildman–Crippen MR) is 75.5 cm³/mol. The summed E-state index contributed by atoms with van der Waals surface area (Å²) in [6, 6.07) is 11.5. The Bertz CT molecular complexity index is 788. The van der Waals surface area contributed by atoms with E-state index >= 15 is 0 Å². The number of para-hydroxylation sites is 1. The first kappa shape index (κ1) is 12.1. The molecule has 1 N–H and O–H groups in total. The number of fused-ring (bicyclic) bond motifs is 1. The minimum absolute atomic E-state index is 0.693. The summed E-state index contributed by atoms with van der Waals surface area (Å²) in [6.45, 7) is 0. The molecular weight excluding hydrogens is 254 g/mol. The Morgan fingerprint density at radius 1 is 1.15 bits per heavy atom. The van der Waals surface area contributed by atoms with E-state index in [0.717, 1.165) is 22.5 Å². The van der Waals surface area contributed by atoms with Gasteiger partial charge in [0.15, 0.2) is 5.82 Å². The maximum Gasteiger partial charge on any atom is 0.328 e. The first-order valence-electron chi connectivity index (χ1n) is 6.04. The molecule has 0 saturated carbocycles. The van der Waals surface area contributed by atoms with Crippen molar-refractivity contribution in [1.82, 2.24) is 14.8 Å². The zero-order valence-electron chi connectivity index (χ0n) is 10.5. The molecule has 0 aliphatic rings. The zero-order chi connectivity index (χ0) is 13.9. The second kappa shape index (κ2) is 4.97. The molecule has 0 radical (unpaired) electrons. The van der Waals surface area contributed by atoms with Crippen LogP contribution in [0, 0.1) is 0 Å². The molecule has 0 spiro atoms. The molecule has 0 bridgehead atoms. The molecule has 0 aliphatic carbocycles. The molecule has 3 rings (SSSR count). The van der Waals surface area contributed by atoms with E-state index in [1.807, 2.05) is 24.3 Å². The van der Waals surface area contributed by atoms with Crippen molar-refractivity contribution in [2.24, 2.45) is 0 Å². The topological polar surface area (TPSA) is 68.0 Å². The summed E-state index contributed by atoms with van der Waals surface area (Å²) in [5.41, 5.74) is 1.71. The highest BCUT2D eigenvalue weighted by Crippen LogP contribution is 2.16. The largest absolute Gasteiger partial charge is 0.478 e. The van der Waals surface area contributed by atoms with Gasteiger partial charge in [-0.05, 0) is 29.8 Å². The number of carboxylic acid groups (broad SMARTS) is 1. The molecule has 5 nitrogen and oxygen atoms in total. The highest BCUT2D eigenvalue weighted by molar-refractivity contribution is 5.85. The molecule has 0 atom stereocenters. The van der Waals surface area contributed by atoms with Crippen molar-refractivity contribution in [2.75, 3.05) is 0 Å². The van der Waals surface area contributed by atoms with Crippen molar-refractivity contribution in [2.45, 2.75) is 0 Å². The third kappa shape index (κ3) is 2.29. The minimum Gasteiger partial charge on any atom is -0.478 e. The number of aromatic nitrogens is 3. The van der Waals surface area contributed by atoms with Crippen LogP contribution in [-0.2, 0) is 4.79 Å². The van der Waals surface area contributed by atoms with Crippen LogP contribution in [0.2, 0.25) is 0 Å². The van der Waals surface area contributed by atoms with Gasteiger partial charge in [0.25, 0.3) is 0 Å². The second-order valence-electron chi connectivity index (χ2n) is 4.24. The molecule has 0 amide bonds. The Morgan fingerprint density at radius 3 is 2.75 bits per heavy atom. The van der Waals surface area contributed by atoms with E-state index in [1.54, 1.807) is 29.2 Å². The van der Waals surface area contributed by atoms with Crippen LogP contribution in [0.15, 0.2) is 54.9 Å². The highest BCUT2D eigenvalue weighted by atomic mass is 16.4. The van der Waals surface area contributed by atoms with Crippen LogP contribution in [0.3, 0.4) is 0 Å². The van der Waals surface area contributed by atoms with Crippen LogP contribution in [-0.4, -0.2) is 25.8 Å². The summed E-state index contributed by atoms with van der Waals surface area (Å²) in [5, 5.41) is 13.9. The van der Waals surface area contributed by atoms with Gasteiger partial charge in [0.1, 0.15) is 0 Å². The van der Waals surface area contributed by atoms with E-state index in [4.69, 9.17) is 5.11 Å². The summed E-state index contributed by atoms with van der Waals surface area (Å²) >= 11 is 0. The molecule has 2 aromatic heterocycles. The van der Waals surface area contributed by atoms with Gasteiger partial charge in [0, 0.05) is 17.7 Å². The Labute approximate surface area is 114 Å². The fraction of sp³-hybridized carbons (Fsp3) is 0. The Kier molecular flexibility index (Phi) is 3.01. The lowest BCUT2D eigenvalue weighted by Crippen LogP contribution is -1.98. The number of hydrogen-bond donors (Lipinski definition) is 1. The molecule has 1 aromatic carbocycles. The number of benzene rings is 1. The summed E-state index contributed by atoms with van der Waals surface area (Å²) in [5.74, 6) is -0.286. The van der Waals surface area contributed by atoms with Crippen molar-refractivity contribution in [3.05, 3.63) is 60.4 Å². The van der Waals surface area contributed by atoms with Crippen molar-refractivity contribution in [1.29, 1.82) is 0 Å². The average Bonchev–Trinajstić information content (AvgIpc) is 2.89. The van der Waals surface area contributed by atoms with Crippen LogP contribution >= 0.6 is 0 Å². The molecule has 0 saturated heterocycles. The molecular formula is C15H11N3O2. The van der Waals surface area contributed by atoms with Gasteiger partial charge in [-0.3, -0.25) is 0 Å². The number of hydrogen-bond acceptors (Lipinski definition) is 3. The zero-order valence-corrected chi connectivity index (χ0v) is 10.5. The van der Waals surface area contributed by atoms with Crippen molar-refractivity contribution < 1.29 is 9.90 Å². The third-order valence-electron chi connectivity index (χ3n) is 2.88. The maximum absolute atomic E-state index is 10.5. The van der Waals surface area contributed by atoms with Gasteiger partial charge in [0.05, 0.1) is 11.7 Å². The van der Waals surface area contributed by atoms with Crippen LogP contribution in [0.4, 0.5) is 0 Å². The van der Waals surface area contributed by atoms with E-state index in [2.05, 4.69) is 10.1 Å². The lowest BCUT2D eigenvalue weighted by atomic mass is 10.2. The first-order valence-corrected chi connectivity index (χ1v) is 6.04. The van der Waals surface area contributed by atoms with E-state index in [9.17, 15) is 4.79 Å². The molecule has 3 aromatic rings. The van der Waals surface area contributed by atoms with Gasteiger partial charge in [-0.15, -0.1) is 0 Å². The molecule has 0 unspecified atom stereocenters. The van der Waals surface area contributed by atoms with Gasteiger partial charge in [0.2, 0.25) is 0 Å². The SMILES string of the molecule is O=C(O)/C=C/c1ccc(-n2ncc3ccccc32)nc1. The van der Waals surface area contributed by atoms with E-state index < -0.39 is 5.97 Å². The van der Waals surface area contributed by atoms with Gasteiger partial charge in [-0.1, -0.05) is 18.2 Å². The van der Waals surface area contributed by atoms with Gasteiger partial charge < -0.3 is 5.11 Å². The first-order chi connectivity index (χ1) is 9.74. The Morgan fingerprint density at radius 2 is 2.00 bits per heavy atom. The molecule has 20 heavy (non-hydrogen) atoms. The lowest BCUT2D eigenvalue weighted by Gasteiger charge is -2.02. The summed E-state index contributed by atoms with van der Waals surface area (Å²) in [4.78, 5) is 14.8. The molecule has 2 heterocycles. The fourth-order valence-corrected chi connectivity index (χ4v) is 1.94. The number of nitrogens with zero attached hydrogens (tertiary/aromatic N) is 3. The lowest BCUT2D eigenvalue weighted by molar-refractivity contribution is -0.131.